The summed E-state index contributed by atoms with van der Waals surface area (Å²) in [6, 6.07) is 1.53. The fourth-order valence-electron chi connectivity index (χ4n) is 4.83. The highest BCUT2D eigenvalue weighted by Crippen LogP contribution is 2.38. The van der Waals surface area contributed by atoms with Gasteiger partial charge in [-0.15, -0.1) is 0 Å². The highest BCUT2D eigenvalue weighted by Gasteiger charge is 2.43. The lowest BCUT2D eigenvalue weighted by molar-refractivity contribution is 0.0998. The molecule has 0 aromatic heterocycles. The van der Waals surface area contributed by atoms with Crippen LogP contribution >= 0.6 is 0 Å². The van der Waals surface area contributed by atoms with Crippen LogP contribution in [0.25, 0.3) is 0 Å². The molecule has 5 heteroatoms. The molecule has 27 heavy (non-hydrogen) atoms. The lowest BCUT2D eigenvalue weighted by Crippen LogP contribution is -2.54. The number of nitrogens with two attached hydrogens (primary N) is 1. The highest BCUT2D eigenvalue weighted by molar-refractivity contribution is 5.98. The van der Waals surface area contributed by atoms with Crippen molar-refractivity contribution in [2.75, 3.05) is 6.54 Å². The molecular formula is C22H39N5. The van der Waals surface area contributed by atoms with E-state index in [1.54, 1.807) is 0 Å². The molecule has 0 aliphatic carbocycles. The van der Waals surface area contributed by atoms with Crippen molar-refractivity contribution in [2.24, 2.45) is 11.7 Å². The predicted octanol–water partition coefficient (Wildman–Crippen LogP) is 4.15. The third-order valence-corrected chi connectivity index (χ3v) is 6.21. The summed E-state index contributed by atoms with van der Waals surface area (Å²) in [6.07, 6.45) is 11.9. The number of nitrogens with one attached hydrogen (secondary N) is 2. The van der Waals surface area contributed by atoms with Gasteiger partial charge in [-0.1, -0.05) is 32.1 Å². The minimum Gasteiger partial charge on any atom is -0.324 e. The molecule has 0 aromatic rings. The molecule has 2 aliphatic rings. The van der Waals surface area contributed by atoms with Gasteiger partial charge in [0.2, 0.25) is 0 Å². The van der Waals surface area contributed by atoms with Crippen molar-refractivity contribution in [1.29, 1.82) is 10.8 Å². The Balaban J connectivity index is 2.00. The van der Waals surface area contributed by atoms with Gasteiger partial charge in [-0.2, -0.15) is 0 Å². The van der Waals surface area contributed by atoms with E-state index in [4.69, 9.17) is 16.6 Å². The molecule has 2 fully saturated rings. The molecule has 0 radical (unpaired) electrons. The summed E-state index contributed by atoms with van der Waals surface area (Å²) in [5, 5.41) is 16.7. The number of fused-ring (bicyclic) bond motifs is 2. The molecule has 2 saturated heterocycles. The SMILES string of the molecule is C/C=C\C(=C/C)C(N)CCN1C2CCC1CC(N(C(C)=N)C(=N)C(C)C)C2. The average molecular weight is 374 g/mol. The Morgan fingerprint density at radius 1 is 1.19 bits per heavy atom. The first-order chi connectivity index (χ1) is 12.8. The summed E-state index contributed by atoms with van der Waals surface area (Å²) in [7, 11) is 0. The van der Waals surface area contributed by atoms with Gasteiger partial charge in [0, 0.05) is 36.6 Å². The molecule has 0 amide bonds. The van der Waals surface area contributed by atoms with Gasteiger partial charge in [0.25, 0.3) is 0 Å². The van der Waals surface area contributed by atoms with E-state index < -0.39 is 0 Å². The molecule has 2 heterocycles. The van der Waals surface area contributed by atoms with E-state index >= 15 is 0 Å². The smallest absolute Gasteiger partial charge is 0.104 e. The van der Waals surface area contributed by atoms with E-state index in [-0.39, 0.29) is 12.0 Å². The number of amidine groups is 2. The van der Waals surface area contributed by atoms with Crippen molar-refractivity contribution in [3.63, 3.8) is 0 Å². The molecule has 5 nitrogen and oxygen atoms in total. The van der Waals surface area contributed by atoms with Gasteiger partial charge in [-0.05, 0) is 58.4 Å². The van der Waals surface area contributed by atoms with Gasteiger partial charge in [0.05, 0.1) is 5.84 Å². The van der Waals surface area contributed by atoms with Crippen LogP contribution in [0, 0.1) is 16.7 Å². The minimum absolute atomic E-state index is 0.0951. The van der Waals surface area contributed by atoms with E-state index in [0.29, 0.717) is 29.8 Å². The predicted molar refractivity (Wildman–Crippen MR) is 116 cm³/mol. The van der Waals surface area contributed by atoms with Gasteiger partial charge in [0.15, 0.2) is 0 Å². The van der Waals surface area contributed by atoms with E-state index in [1.165, 1.54) is 18.4 Å². The third-order valence-electron chi connectivity index (χ3n) is 6.21. The fourth-order valence-corrected chi connectivity index (χ4v) is 4.83. The average Bonchev–Trinajstić information content (AvgIpc) is 2.85. The van der Waals surface area contributed by atoms with E-state index in [2.05, 4.69) is 30.1 Å². The van der Waals surface area contributed by atoms with Gasteiger partial charge < -0.3 is 10.6 Å². The summed E-state index contributed by atoms with van der Waals surface area (Å²) in [4.78, 5) is 4.65. The summed E-state index contributed by atoms with van der Waals surface area (Å²) in [6.45, 7) is 11.1. The Hall–Kier alpha value is -1.46. The molecule has 3 atom stereocenters. The topological polar surface area (TPSA) is 80.2 Å². The number of nitrogens with zero attached hydrogens (tertiary/aromatic N) is 2. The standard InChI is InChI=1S/C22H39N5/c1-6-8-17(7-2)21(24)11-12-26-18-9-10-19(26)14-20(13-18)27(16(5)23)22(25)15(3)4/h6-8,15,18-21,23,25H,9-14,24H2,1-5H3/b8-6-,17-7+,23-16?,25-22?. The molecule has 0 spiro atoms. The lowest BCUT2D eigenvalue weighted by atomic mass is 9.93. The van der Waals surface area contributed by atoms with Gasteiger partial charge >= 0.3 is 0 Å². The van der Waals surface area contributed by atoms with E-state index in [1.807, 2.05) is 32.6 Å². The van der Waals surface area contributed by atoms with Crippen LogP contribution in [0.4, 0.5) is 0 Å². The van der Waals surface area contributed by atoms with Crippen LogP contribution < -0.4 is 5.73 Å². The van der Waals surface area contributed by atoms with Crippen molar-refractivity contribution in [3.8, 4) is 0 Å². The minimum atomic E-state index is 0.0951. The van der Waals surface area contributed by atoms with E-state index in [9.17, 15) is 0 Å². The molecule has 3 unspecified atom stereocenters. The second-order valence-corrected chi connectivity index (χ2v) is 8.43. The summed E-state index contributed by atoms with van der Waals surface area (Å²) < 4.78 is 0. The Morgan fingerprint density at radius 2 is 1.78 bits per heavy atom. The van der Waals surface area contributed by atoms with Gasteiger partial charge in [-0.3, -0.25) is 15.7 Å². The Kier molecular flexibility index (Phi) is 7.80. The Morgan fingerprint density at radius 3 is 2.22 bits per heavy atom. The number of hydrogen-bond donors (Lipinski definition) is 3. The molecule has 2 aliphatic heterocycles. The molecule has 2 bridgehead atoms. The van der Waals surface area contributed by atoms with Crippen molar-refractivity contribution in [2.45, 2.75) is 90.9 Å². The fraction of sp³-hybridized carbons (Fsp3) is 0.727. The lowest BCUT2D eigenvalue weighted by Gasteiger charge is -2.44. The van der Waals surface area contributed by atoms with E-state index in [0.717, 1.165) is 25.8 Å². The zero-order valence-electron chi connectivity index (χ0n) is 17.8. The van der Waals surface area contributed by atoms with Crippen molar-refractivity contribution >= 4 is 11.7 Å². The van der Waals surface area contributed by atoms with Crippen LogP contribution in [-0.4, -0.2) is 52.2 Å². The molecule has 2 rings (SSSR count). The molecule has 152 valence electrons. The number of hydrogen-bond acceptors (Lipinski definition) is 4. The van der Waals surface area contributed by atoms with Crippen LogP contribution in [0.3, 0.4) is 0 Å². The maximum absolute atomic E-state index is 8.46. The summed E-state index contributed by atoms with van der Waals surface area (Å²) in [5.74, 6) is 1.26. The number of rotatable bonds is 7. The molecule has 4 N–H and O–H groups in total. The van der Waals surface area contributed by atoms with Crippen LogP contribution in [0.2, 0.25) is 0 Å². The monoisotopic (exact) mass is 373 g/mol. The molecule has 0 saturated carbocycles. The quantitative estimate of drug-likeness (QED) is 0.356. The molecular weight excluding hydrogens is 334 g/mol. The van der Waals surface area contributed by atoms with Crippen LogP contribution in [0.5, 0.6) is 0 Å². The first kappa shape index (κ1) is 21.8. The summed E-state index contributed by atoms with van der Waals surface area (Å²) in [5.41, 5.74) is 7.64. The first-order valence-electron chi connectivity index (χ1n) is 10.5. The zero-order chi connectivity index (χ0) is 20.1. The van der Waals surface area contributed by atoms with Gasteiger partial charge in [0.1, 0.15) is 5.84 Å². The second-order valence-electron chi connectivity index (χ2n) is 8.43. The molecule has 0 aromatic carbocycles. The van der Waals surface area contributed by atoms with Crippen LogP contribution in [0.15, 0.2) is 23.8 Å². The third kappa shape index (κ3) is 5.08. The summed E-state index contributed by atoms with van der Waals surface area (Å²) >= 11 is 0. The number of piperidine rings is 1. The largest absolute Gasteiger partial charge is 0.324 e. The van der Waals surface area contributed by atoms with Crippen LogP contribution in [-0.2, 0) is 0 Å². The maximum atomic E-state index is 8.46. The van der Waals surface area contributed by atoms with Gasteiger partial charge in [-0.25, -0.2) is 0 Å². The Labute approximate surface area is 165 Å². The second kappa shape index (κ2) is 9.65. The maximum Gasteiger partial charge on any atom is 0.104 e. The normalized spacial score (nSPS) is 27.4. The first-order valence-corrected chi connectivity index (χ1v) is 10.5. The van der Waals surface area contributed by atoms with Crippen LogP contribution in [0.1, 0.15) is 66.7 Å². The zero-order valence-corrected chi connectivity index (χ0v) is 17.8. The highest BCUT2D eigenvalue weighted by atomic mass is 15.3. The van der Waals surface area contributed by atoms with Crippen molar-refractivity contribution in [3.05, 3.63) is 23.8 Å². The Bertz CT molecular complexity index is 578. The van der Waals surface area contributed by atoms with Crippen molar-refractivity contribution < 1.29 is 0 Å². The van der Waals surface area contributed by atoms with Crippen molar-refractivity contribution in [1.82, 2.24) is 9.80 Å². The number of allylic oxidation sites excluding steroid dienone is 2.